The van der Waals surface area contributed by atoms with E-state index >= 15 is 0 Å². The van der Waals surface area contributed by atoms with Gasteiger partial charge in [-0.1, -0.05) is 6.07 Å². The molecule has 0 heterocycles. The van der Waals surface area contributed by atoms with E-state index < -0.39 is 5.82 Å². The van der Waals surface area contributed by atoms with E-state index in [1.54, 1.807) is 6.07 Å². The van der Waals surface area contributed by atoms with Gasteiger partial charge in [0.25, 0.3) is 5.91 Å². The van der Waals surface area contributed by atoms with Crippen molar-refractivity contribution in [3.63, 3.8) is 0 Å². The highest BCUT2D eigenvalue weighted by Crippen LogP contribution is 2.19. The predicted octanol–water partition coefficient (Wildman–Crippen LogP) is 2.95. The fourth-order valence-electron chi connectivity index (χ4n) is 1.99. The topological polar surface area (TPSA) is 38.3 Å². The van der Waals surface area contributed by atoms with Gasteiger partial charge >= 0.3 is 0 Å². The SMILES string of the molecule is COc1ccc(F)cc1CCNC(=O)c1cccc(F)c1. The van der Waals surface area contributed by atoms with Crippen molar-refractivity contribution in [2.75, 3.05) is 13.7 Å². The lowest BCUT2D eigenvalue weighted by Gasteiger charge is -2.09. The number of halogens is 2. The van der Waals surface area contributed by atoms with Crippen LogP contribution in [0.3, 0.4) is 0 Å². The maximum Gasteiger partial charge on any atom is 0.251 e. The fraction of sp³-hybridized carbons (Fsp3) is 0.188. The monoisotopic (exact) mass is 291 g/mol. The molecule has 0 spiro atoms. The highest BCUT2D eigenvalue weighted by molar-refractivity contribution is 5.94. The summed E-state index contributed by atoms with van der Waals surface area (Å²) in [6, 6.07) is 9.66. The summed E-state index contributed by atoms with van der Waals surface area (Å²) in [7, 11) is 1.50. The molecule has 2 aromatic rings. The Morgan fingerprint density at radius 2 is 1.90 bits per heavy atom. The average Bonchev–Trinajstić information content (AvgIpc) is 2.47. The van der Waals surface area contributed by atoms with Gasteiger partial charge < -0.3 is 10.1 Å². The molecule has 110 valence electrons. The highest BCUT2D eigenvalue weighted by Gasteiger charge is 2.08. The Bertz CT molecular complexity index is 644. The van der Waals surface area contributed by atoms with Crippen molar-refractivity contribution < 1.29 is 18.3 Å². The summed E-state index contributed by atoms with van der Waals surface area (Å²) in [5, 5.41) is 2.66. The number of hydrogen-bond donors (Lipinski definition) is 1. The van der Waals surface area contributed by atoms with Crippen molar-refractivity contribution in [1.82, 2.24) is 5.32 Å². The van der Waals surface area contributed by atoms with Gasteiger partial charge in [0, 0.05) is 12.1 Å². The van der Waals surface area contributed by atoms with Gasteiger partial charge in [-0.15, -0.1) is 0 Å². The Balaban J connectivity index is 1.95. The lowest BCUT2D eigenvalue weighted by Crippen LogP contribution is -2.25. The van der Waals surface area contributed by atoms with E-state index in [1.165, 1.54) is 37.4 Å². The Kier molecular flexibility index (Phi) is 4.87. The molecule has 0 unspecified atom stereocenters. The third-order valence-corrected chi connectivity index (χ3v) is 3.01. The van der Waals surface area contributed by atoms with E-state index in [2.05, 4.69) is 5.32 Å². The summed E-state index contributed by atoms with van der Waals surface area (Å²) in [6.45, 7) is 0.301. The van der Waals surface area contributed by atoms with Gasteiger partial charge in [0.2, 0.25) is 0 Å². The molecule has 0 aliphatic carbocycles. The molecule has 0 aliphatic heterocycles. The van der Waals surface area contributed by atoms with E-state index in [4.69, 9.17) is 4.74 Å². The van der Waals surface area contributed by atoms with Crippen molar-refractivity contribution in [1.29, 1.82) is 0 Å². The highest BCUT2D eigenvalue weighted by atomic mass is 19.1. The largest absolute Gasteiger partial charge is 0.496 e. The maximum atomic E-state index is 13.2. The molecule has 0 aliphatic rings. The van der Waals surface area contributed by atoms with Crippen molar-refractivity contribution in [2.24, 2.45) is 0 Å². The molecule has 1 N–H and O–H groups in total. The van der Waals surface area contributed by atoms with Crippen LogP contribution in [0, 0.1) is 11.6 Å². The van der Waals surface area contributed by atoms with Crippen molar-refractivity contribution in [3.8, 4) is 5.75 Å². The average molecular weight is 291 g/mol. The molecule has 2 aromatic carbocycles. The van der Waals surface area contributed by atoms with Crippen LogP contribution in [0.5, 0.6) is 5.75 Å². The van der Waals surface area contributed by atoms with Crippen molar-refractivity contribution in [3.05, 3.63) is 65.2 Å². The van der Waals surface area contributed by atoms with E-state index in [-0.39, 0.29) is 17.3 Å². The van der Waals surface area contributed by atoms with Crippen LogP contribution in [0.15, 0.2) is 42.5 Å². The smallest absolute Gasteiger partial charge is 0.251 e. The molecule has 0 aromatic heterocycles. The van der Waals surface area contributed by atoms with Gasteiger partial charge in [-0.3, -0.25) is 4.79 Å². The Labute approximate surface area is 121 Å². The zero-order valence-corrected chi connectivity index (χ0v) is 11.5. The van der Waals surface area contributed by atoms with Gasteiger partial charge in [0.1, 0.15) is 17.4 Å². The number of carbonyl (C=O) groups is 1. The molecular formula is C16H15F2NO2. The summed E-state index contributed by atoms with van der Waals surface area (Å²) in [4.78, 5) is 11.8. The van der Waals surface area contributed by atoms with Crippen LogP contribution >= 0.6 is 0 Å². The summed E-state index contributed by atoms with van der Waals surface area (Å²) in [5.41, 5.74) is 0.915. The number of nitrogens with one attached hydrogen (secondary N) is 1. The lowest BCUT2D eigenvalue weighted by molar-refractivity contribution is 0.0953. The predicted molar refractivity (Wildman–Crippen MR) is 75.4 cm³/mol. The van der Waals surface area contributed by atoms with Crippen LogP contribution in [-0.4, -0.2) is 19.6 Å². The fourth-order valence-corrected chi connectivity index (χ4v) is 1.99. The summed E-state index contributed by atoms with van der Waals surface area (Å²) in [6.07, 6.45) is 0.419. The number of benzene rings is 2. The van der Waals surface area contributed by atoms with Crippen LogP contribution in [-0.2, 0) is 6.42 Å². The number of carbonyl (C=O) groups excluding carboxylic acids is 1. The number of ether oxygens (including phenoxy) is 1. The standard InChI is InChI=1S/C16H15F2NO2/c1-21-15-6-5-14(18)9-11(15)7-8-19-16(20)12-3-2-4-13(17)10-12/h2-6,9-10H,7-8H2,1H3,(H,19,20). The molecule has 0 fully saturated rings. The molecule has 0 saturated heterocycles. The first-order valence-electron chi connectivity index (χ1n) is 6.46. The molecule has 0 saturated carbocycles. The van der Waals surface area contributed by atoms with Gasteiger partial charge in [0.15, 0.2) is 0 Å². The van der Waals surface area contributed by atoms with Gasteiger partial charge in [-0.25, -0.2) is 8.78 Å². The molecule has 1 amide bonds. The van der Waals surface area contributed by atoms with Gasteiger partial charge in [-0.05, 0) is 48.4 Å². The second kappa shape index (κ2) is 6.83. The minimum atomic E-state index is -0.463. The van der Waals surface area contributed by atoms with Crippen LogP contribution in [0.1, 0.15) is 15.9 Å². The van der Waals surface area contributed by atoms with E-state index in [0.29, 0.717) is 24.3 Å². The van der Waals surface area contributed by atoms with E-state index in [9.17, 15) is 13.6 Å². The van der Waals surface area contributed by atoms with Crippen LogP contribution in [0.4, 0.5) is 8.78 Å². The molecule has 0 atom stereocenters. The minimum Gasteiger partial charge on any atom is -0.496 e. The zero-order chi connectivity index (χ0) is 15.2. The first-order valence-corrected chi connectivity index (χ1v) is 6.46. The molecule has 0 radical (unpaired) electrons. The third kappa shape index (κ3) is 4.02. The molecule has 2 rings (SSSR count). The Morgan fingerprint density at radius 3 is 2.62 bits per heavy atom. The number of methoxy groups -OCH3 is 1. The first-order chi connectivity index (χ1) is 10.1. The zero-order valence-electron chi connectivity index (χ0n) is 11.5. The van der Waals surface area contributed by atoms with Crippen LogP contribution in [0.25, 0.3) is 0 Å². The number of rotatable bonds is 5. The minimum absolute atomic E-state index is 0.251. The second-order valence-corrected chi connectivity index (χ2v) is 4.47. The Morgan fingerprint density at radius 1 is 1.14 bits per heavy atom. The summed E-state index contributed by atoms with van der Waals surface area (Å²) < 4.78 is 31.3. The Hall–Kier alpha value is -2.43. The van der Waals surface area contributed by atoms with Gasteiger partial charge in [0.05, 0.1) is 7.11 Å². The third-order valence-electron chi connectivity index (χ3n) is 3.01. The van der Waals surface area contributed by atoms with Crippen LogP contribution < -0.4 is 10.1 Å². The van der Waals surface area contributed by atoms with E-state index in [0.717, 1.165) is 6.07 Å². The van der Waals surface area contributed by atoms with Crippen molar-refractivity contribution in [2.45, 2.75) is 6.42 Å². The molecule has 5 heteroatoms. The molecular weight excluding hydrogens is 276 g/mol. The maximum absolute atomic E-state index is 13.2. The molecule has 21 heavy (non-hydrogen) atoms. The van der Waals surface area contributed by atoms with E-state index in [1.807, 2.05) is 0 Å². The number of hydrogen-bond acceptors (Lipinski definition) is 2. The normalized spacial score (nSPS) is 10.2. The van der Waals surface area contributed by atoms with Crippen molar-refractivity contribution >= 4 is 5.91 Å². The quantitative estimate of drug-likeness (QED) is 0.920. The molecule has 0 bridgehead atoms. The molecule has 3 nitrogen and oxygen atoms in total. The summed E-state index contributed by atoms with van der Waals surface area (Å²) >= 11 is 0. The van der Waals surface area contributed by atoms with Crippen LogP contribution in [0.2, 0.25) is 0 Å². The first kappa shape index (κ1) is 15.0. The van der Waals surface area contributed by atoms with Gasteiger partial charge in [-0.2, -0.15) is 0 Å². The number of amides is 1. The summed E-state index contributed by atoms with van der Waals surface area (Å²) in [5.74, 6) is -0.627. The second-order valence-electron chi connectivity index (χ2n) is 4.47. The lowest BCUT2D eigenvalue weighted by atomic mass is 10.1.